The lowest BCUT2D eigenvalue weighted by Crippen LogP contribution is -2.60. The summed E-state index contributed by atoms with van der Waals surface area (Å²) in [6, 6.07) is 2.19. The monoisotopic (exact) mass is 394 g/mol. The minimum Gasteiger partial charge on any atom is -0.376 e. The molecule has 2 saturated heterocycles. The summed E-state index contributed by atoms with van der Waals surface area (Å²) in [5.41, 5.74) is 6.71. The first-order valence-corrected chi connectivity index (χ1v) is 9.75. The number of carbonyl (C=O) groups excluding carboxylic acids is 1. The normalized spacial score (nSPS) is 22.6. The van der Waals surface area contributed by atoms with E-state index in [9.17, 15) is 9.90 Å². The number of piperidine rings is 1. The van der Waals surface area contributed by atoms with Gasteiger partial charge in [0.15, 0.2) is 11.5 Å². The molecule has 29 heavy (non-hydrogen) atoms. The summed E-state index contributed by atoms with van der Waals surface area (Å²) < 4.78 is 1.71. The number of primary amides is 1. The summed E-state index contributed by atoms with van der Waals surface area (Å²) in [4.78, 5) is 33.2. The number of carbonyl (C=O) groups is 1. The standard InChI is InChI=1S/C19H22N8O2/c20-18(29)13-10-27-14(7-23-16(27)8-22-13)19-21-5-4-15(24-19)25-9-12-3-1-2-6-26(12)17(28)11-25/h4-5,7-8,10,12,17,28H,1-3,6,9,11H2,(H2,20,29). The van der Waals surface area contributed by atoms with Gasteiger partial charge in [-0.2, -0.15) is 0 Å². The second-order valence-corrected chi connectivity index (χ2v) is 7.52. The molecule has 2 fully saturated rings. The van der Waals surface area contributed by atoms with Gasteiger partial charge in [0.2, 0.25) is 0 Å². The number of aliphatic hydroxyl groups excluding tert-OH is 1. The average molecular weight is 394 g/mol. The summed E-state index contributed by atoms with van der Waals surface area (Å²) in [6.07, 6.45) is 9.31. The number of hydrogen-bond donors (Lipinski definition) is 2. The fraction of sp³-hybridized carbons (Fsp3) is 0.421. The Bertz CT molecular complexity index is 1070. The van der Waals surface area contributed by atoms with Crippen molar-refractivity contribution in [1.29, 1.82) is 0 Å². The molecule has 1 amide bonds. The van der Waals surface area contributed by atoms with E-state index in [2.05, 4.69) is 24.8 Å². The minimum atomic E-state index is -0.611. The summed E-state index contributed by atoms with van der Waals surface area (Å²) >= 11 is 0. The lowest BCUT2D eigenvalue weighted by molar-refractivity contribution is -0.0501. The molecule has 10 nitrogen and oxygen atoms in total. The Morgan fingerprint density at radius 3 is 2.93 bits per heavy atom. The molecule has 5 heterocycles. The van der Waals surface area contributed by atoms with E-state index in [1.807, 2.05) is 6.07 Å². The molecule has 5 rings (SSSR count). The number of amides is 1. The highest BCUT2D eigenvalue weighted by Crippen LogP contribution is 2.27. The van der Waals surface area contributed by atoms with E-state index in [-0.39, 0.29) is 5.69 Å². The van der Waals surface area contributed by atoms with Crippen LogP contribution in [0.25, 0.3) is 17.2 Å². The number of β-amino-alcohol motifs (C(OH)–C–C–N with tert-alkyl or cyclic N) is 1. The van der Waals surface area contributed by atoms with Crippen LogP contribution < -0.4 is 10.6 Å². The molecule has 0 aromatic carbocycles. The molecule has 0 radical (unpaired) electrons. The van der Waals surface area contributed by atoms with Crippen molar-refractivity contribution in [3.63, 3.8) is 0 Å². The van der Waals surface area contributed by atoms with Crippen molar-refractivity contribution in [2.75, 3.05) is 24.5 Å². The first kappa shape index (κ1) is 18.0. The third-order valence-electron chi connectivity index (χ3n) is 5.71. The van der Waals surface area contributed by atoms with Crippen molar-refractivity contribution < 1.29 is 9.90 Å². The molecule has 0 spiro atoms. The quantitative estimate of drug-likeness (QED) is 0.649. The summed E-state index contributed by atoms with van der Waals surface area (Å²) in [5.74, 6) is 0.635. The van der Waals surface area contributed by atoms with Crippen molar-refractivity contribution in [3.8, 4) is 11.5 Å². The number of rotatable bonds is 3. The maximum Gasteiger partial charge on any atom is 0.268 e. The Morgan fingerprint density at radius 2 is 2.07 bits per heavy atom. The van der Waals surface area contributed by atoms with Crippen LogP contribution in [0.1, 0.15) is 29.8 Å². The zero-order chi connectivity index (χ0) is 20.0. The predicted octanol–water partition coefficient (Wildman–Crippen LogP) is 0.278. The van der Waals surface area contributed by atoms with E-state index < -0.39 is 12.1 Å². The molecule has 0 aliphatic carbocycles. The molecule has 3 N–H and O–H groups in total. The second kappa shape index (κ2) is 7.05. The van der Waals surface area contributed by atoms with Gasteiger partial charge in [-0.05, 0) is 18.9 Å². The van der Waals surface area contributed by atoms with Crippen LogP contribution in [0.15, 0.2) is 30.9 Å². The third kappa shape index (κ3) is 3.19. The summed E-state index contributed by atoms with van der Waals surface area (Å²) in [6.45, 7) is 2.29. The molecule has 3 aromatic rings. The lowest BCUT2D eigenvalue weighted by Gasteiger charge is -2.47. The second-order valence-electron chi connectivity index (χ2n) is 7.52. The van der Waals surface area contributed by atoms with Crippen LogP contribution in [0.5, 0.6) is 0 Å². The average Bonchev–Trinajstić information content (AvgIpc) is 3.17. The van der Waals surface area contributed by atoms with Crippen molar-refractivity contribution in [2.45, 2.75) is 31.5 Å². The van der Waals surface area contributed by atoms with E-state index in [0.717, 1.165) is 31.7 Å². The summed E-state index contributed by atoms with van der Waals surface area (Å²) in [5, 5.41) is 10.6. The molecule has 2 aliphatic rings. The Morgan fingerprint density at radius 1 is 1.17 bits per heavy atom. The molecule has 2 unspecified atom stereocenters. The highest BCUT2D eigenvalue weighted by atomic mass is 16.3. The predicted molar refractivity (Wildman–Crippen MR) is 105 cm³/mol. The van der Waals surface area contributed by atoms with Crippen LogP contribution in [0.2, 0.25) is 0 Å². The van der Waals surface area contributed by atoms with Gasteiger partial charge in [0.25, 0.3) is 5.91 Å². The molecule has 10 heteroatoms. The Kier molecular flexibility index (Phi) is 4.36. The van der Waals surface area contributed by atoms with Gasteiger partial charge in [0, 0.05) is 31.5 Å². The SMILES string of the molecule is NC(=O)c1cn2c(-c3nccc(N4CC(O)N5CCCCC5C4)n3)cnc2cn1. The zero-order valence-electron chi connectivity index (χ0n) is 15.8. The zero-order valence-corrected chi connectivity index (χ0v) is 15.8. The van der Waals surface area contributed by atoms with Gasteiger partial charge in [-0.3, -0.25) is 14.1 Å². The van der Waals surface area contributed by atoms with Gasteiger partial charge >= 0.3 is 0 Å². The summed E-state index contributed by atoms with van der Waals surface area (Å²) in [7, 11) is 0. The number of aromatic nitrogens is 5. The molecule has 0 bridgehead atoms. The van der Waals surface area contributed by atoms with Crippen LogP contribution in [0, 0.1) is 0 Å². The first-order valence-electron chi connectivity index (χ1n) is 9.75. The van der Waals surface area contributed by atoms with Crippen LogP contribution in [-0.2, 0) is 0 Å². The first-order chi connectivity index (χ1) is 14.1. The van der Waals surface area contributed by atoms with E-state index >= 15 is 0 Å². The minimum absolute atomic E-state index is 0.143. The molecule has 150 valence electrons. The Labute approximate surface area is 167 Å². The number of hydrogen-bond acceptors (Lipinski definition) is 8. The van der Waals surface area contributed by atoms with Crippen molar-refractivity contribution in [2.24, 2.45) is 5.73 Å². The number of anilines is 1. The van der Waals surface area contributed by atoms with Crippen molar-refractivity contribution >= 4 is 17.4 Å². The van der Waals surface area contributed by atoms with Gasteiger partial charge in [-0.25, -0.2) is 19.9 Å². The maximum absolute atomic E-state index is 11.5. The smallest absolute Gasteiger partial charge is 0.268 e. The van der Waals surface area contributed by atoms with Crippen LogP contribution in [-0.4, -0.2) is 72.2 Å². The van der Waals surface area contributed by atoms with Crippen LogP contribution >= 0.6 is 0 Å². The van der Waals surface area contributed by atoms with Gasteiger partial charge in [-0.15, -0.1) is 0 Å². The van der Waals surface area contributed by atoms with Crippen LogP contribution in [0.4, 0.5) is 5.82 Å². The molecule has 0 saturated carbocycles. The number of fused-ring (bicyclic) bond motifs is 2. The topological polar surface area (TPSA) is 126 Å². The van der Waals surface area contributed by atoms with E-state index in [1.54, 1.807) is 23.0 Å². The number of aliphatic hydroxyl groups is 1. The molecule has 3 aromatic heterocycles. The fourth-order valence-electron chi connectivity index (χ4n) is 4.26. The molecular formula is C19H22N8O2. The van der Waals surface area contributed by atoms with Crippen molar-refractivity contribution in [1.82, 2.24) is 29.2 Å². The van der Waals surface area contributed by atoms with E-state index in [1.165, 1.54) is 12.6 Å². The molecule has 2 aliphatic heterocycles. The molecular weight excluding hydrogens is 372 g/mol. The number of imidazole rings is 1. The highest BCUT2D eigenvalue weighted by molar-refractivity contribution is 5.90. The highest BCUT2D eigenvalue weighted by Gasteiger charge is 2.35. The largest absolute Gasteiger partial charge is 0.376 e. The third-order valence-corrected chi connectivity index (χ3v) is 5.71. The number of nitrogens with two attached hydrogens (primary N) is 1. The number of nitrogens with zero attached hydrogens (tertiary/aromatic N) is 7. The Balaban J connectivity index is 1.48. The fourth-order valence-corrected chi connectivity index (χ4v) is 4.26. The van der Waals surface area contributed by atoms with Gasteiger partial charge in [0.05, 0.1) is 18.9 Å². The van der Waals surface area contributed by atoms with Gasteiger partial charge < -0.3 is 15.7 Å². The Hall–Kier alpha value is -3.11. The van der Waals surface area contributed by atoms with E-state index in [0.29, 0.717) is 29.8 Å². The van der Waals surface area contributed by atoms with Crippen LogP contribution in [0.3, 0.4) is 0 Å². The van der Waals surface area contributed by atoms with Crippen molar-refractivity contribution in [3.05, 3.63) is 36.5 Å². The van der Waals surface area contributed by atoms with Gasteiger partial charge in [0.1, 0.15) is 23.4 Å². The number of piperazine rings is 1. The molecule has 2 atom stereocenters. The maximum atomic E-state index is 11.5. The lowest BCUT2D eigenvalue weighted by atomic mass is 9.99. The van der Waals surface area contributed by atoms with Gasteiger partial charge in [-0.1, -0.05) is 6.42 Å². The van der Waals surface area contributed by atoms with E-state index in [4.69, 9.17) is 10.7 Å².